The average Bonchev–Trinajstić information content (AvgIpc) is 2.36. The summed E-state index contributed by atoms with van der Waals surface area (Å²) in [6, 6.07) is 4.30. The highest BCUT2D eigenvalue weighted by molar-refractivity contribution is 5.68. The number of nitrogens with one attached hydrogen (secondary N) is 1. The van der Waals surface area contributed by atoms with Crippen LogP contribution in [0.1, 0.15) is 11.1 Å². The molecule has 0 aliphatic carbocycles. The van der Waals surface area contributed by atoms with Crippen molar-refractivity contribution in [2.24, 2.45) is 0 Å². The molecule has 21 heavy (non-hydrogen) atoms. The van der Waals surface area contributed by atoms with Gasteiger partial charge in [-0.15, -0.1) is 0 Å². The van der Waals surface area contributed by atoms with Crippen LogP contribution in [0.4, 0.5) is 26.3 Å². The summed E-state index contributed by atoms with van der Waals surface area (Å²) < 4.78 is 76.5. The number of halogens is 6. The molecule has 0 spiro atoms. The fourth-order valence-corrected chi connectivity index (χ4v) is 1.86. The molecule has 0 saturated carbocycles. The molecule has 0 fully saturated rings. The summed E-state index contributed by atoms with van der Waals surface area (Å²) in [4.78, 5) is 13.2. The number of rotatable bonds is 1. The molecular formula is C13H7F6NO. The maximum Gasteiger partial charge on any atom is 0.422 e. The lowest BCUT2D eigenvalue weighted by atomic mass is 9.99. The number of alkyl halides is 6. The second-order valence-electron chi connectivity index (χ2n) is 4.17. The van der Waals surface area contributed by atoms with Crippen molar-refractivity contribution in [1.82, 2.24) is 4.98 Å². The van der Waals surface area contributed by atoms with Crippen molar-refractivity contribution >= 4 is 0 Å². The molecule has 1 aromatic heterocycles. The number of hydrogen-bond donors (Lipinski definition) is 1. The fourth-order valence-electron chi connectivity index (χ4n) is 1.86. The van der Waals surface area contributed by atoms with E-state index in [9.17, 15) is 31.1 Å². The van der Waals surface area contributed by atoms with Crippen LogP contribution >= 0.6 is 0 Å². The molecule has 1 aromatic carbocycles. The van der Waals surface area contributed by atoms with Crippen molar-refractivity contribution in [3.8, 4) is 11.1 Å². The average molecular weight is 307 g/mol. The number of hydrogen-bond acceptors (Lipinski definition) is 1. The van der Waals surface area contributed by atoms with Gasteiger partial charge in [0.15, 0.2) is 0 Å². The first-order valence-electron chi connectivity index (χ1n) is 5.57. The van der Waals surface area contributed by atoms with Gasteiger partial charge in [0.2, 0.25) is 0 Å². The number of aromatic nitrogens is 1. The minimum atomic E-state index is -4.97. The summed E-state index contributed by atoms with van der Waals surface area (Å²) in [5.74, 6) is 0. The normalized spacial score (nSPS) is 12.5. The summed E-state index contributed by atoms with van der Waals surface area (Å²) in [6.45, 7) is 0. The summed E-state index contributed by atoms with van der Waals surface area (Å²) in [7, 11) is 0. The van der Waals surface area contributed by atoms with Gasteiger partial charge in [-0.1, -0.05) is 12.1 Å². The number of benzene rings is 1. The Morgan fingerprint density at radius 3 is 2.14 bits per heavy atom. The van der Waals surface area contributed by atoms with E-state index in [4.69, 9.17) is 0 Å². The highest BCUT2D eigenvalue weighted by Crippen LogP contribution is 2.36. The smallest absolute Gasteiger partial charge is 0.329 e. The van der Waals surface area contributed by atoms with Crippen LogP contribution in [0.3, 0.4) is 0 Å². The molecule has 0 amide bonds. The highest BCUT2D eigenvalue weighted by atomic mass is 19.4. The van der Waals surface area contributed by atoms with E-state index in [0.29, 0.717) is 6.07 Å². The first kappa shape index (κ1) is 15.1. The first-order chi connectivity index (χ1) is 9.60. The molecule has 2 aromatic rings. The summed E-state index contributed by atoms with van der Waals surface area (Å²) in [5.41, 5.74) is -4.95. The Kier molecular flexibility index (Phi) is 3.56. The molecule has 0 atom stereocenters. The zero-order valence-electron chi connectivity index (χ0n) is 10.1. The summed E-state index contributed by atoms with van der Waals surface area (Å²) >= 11 is 0. The van der Waals surface area contributed by atoms with Crippen molar-refractivity contribution in [2.75, 3.05) is 0 Å². The van der Waals surface area contributed by atoms with Gasteiger partial charge in [0, 0.05) is 11.8 Å². The van der Waals surface area contributed by atoms with Gasteiger partial charge in [0.1, 0.15) is 5.56 Å². The van der Waals surface area contributed by atoms with Crippen LogP contribution < -0.4 is 5.56 Å². The van der Waals surface area contributed by atoms with Crippen molar-refractivity contribution < 1.29 is 26.3 Å². The molecule has 2 nitrogen and oxygen atoms in total. The second kappa shape index (κ2) is 4.94. The minimum Gasteiger partial charge on any atom is -0.329 e. The number of pyridine rings is 1. The van der Waals surface area contributed by atoms with E-state index in [-0.39, 0.29) is 5.56 Å². The standard InChI is InChI=1S/C13H7F6NO/c14-12(15,16)8-3-1-2-7(6-8)9-4-5-20-11(21)10(9)13(17,18)19/h1-6H,(H,20,21). The van der Waals surface area contributed by atoms with Crippen LogP contribution in [0.2, 0.25) is 0 Å². The van der Waals surface area contributed by atoms with Gasteiger partial charge >= 0.3 is 12.4 Å². The van der Waals surface area contributed by atoms with Crippen molar-refractivity contribution in [3.63, 3.8) is 0 Å². The Balaban J connectivity index is 2.69. The Morgan fingerprint density at radius 2 is 1.57 bits per heavy atom. The largest absolute Gasteiger partial charge is 0.422 e. The van der Waals surface area contributed by atoms with Crippen LogP contribution in [0.15, 0.2) is 41.3 Å². The third-order valence-electron chi connectivity index (χ3n) is 2.75. The number of H-pyrrole nitrogens is 1. The lowest BCUT2D eigenvalue weighted by Crippen LogP contribution is -2.22. The van der Waals surface area contributed by atoms with Crippen molar-refractivity contribution in [3.05, 3.63) is 58.0 Å². The molecular weight excluding hydrogens is 300 g/mol. The van der Waals surface area contributed by atoms with Gasteiger partial charge in [-0.3, -0.25) is 4.79 Å². The monoisotopic (exact) mass is 307 g/mol. The molecule has 0 aliphatic rings. The van der Waals surface area contributed by atoms with Crippen molar-refractivity contribution in [1.29, 1.82) is 0 Å². The Morgan fingerprint density at radius 1 is 0.905 bits per heavy atom. The molecule has 0 saturated heterocycles. The zero-order chi connectivity index (χ0) is 15.8. The molecule has 1 heterocycles. The lowest BCUT2D eigenvalue weighted by Gasteiger charge is -2.13. The third kappa shape index (κ3) is 3.09. The lowest BCUT2D eigenvalue weighted by molar-refractivity contribution is -0.138. The van der Waals surface area contributed by atoms with Crippen LogP contribution in [-0.4, -0.2) is 4.98 Å². The minimum absolute atomic E-state index is 0.330. The molecule has 112 valence electrons. The highest BCUT2D eigenvalue weighted by Gasteiger charge is 2.37. The van der Waals surface area contributed by atoms with E-state index < -0.39 is 34.6 Å². The van der Waals surface area contributed by atoms with E-state index in [1.54, 1.807) is 0 Å². The Hall–Kier alpha value is -2.25. The zero-order valence-corrected chi connectivity index (χ0v) is 10.1. The molecule has 8 heteroatoms. The van der Waals surface area contributed by atoms with Gasteiger partial charge in [-0.05, 0) is 23.8 Å². The van der Waals surface area contributed by atoms with E-state index in [1.165, 1.54) is 0 Å². The van der Waals surface area contributed by atoms with Crippen LogP contribution in [0.25, 0.3) is 11.1 Å². The Bertz CT molecular complexity index is 714. The Labute approximate surface area is 114 Å². The van der Waals surface area contributed by atoms with E-state index in [2.05, 4.69) is 0 Å². The topological polar surface area (TPSA) is 32.9 Å². The van der Waals surface area contributed by atoms with Gasteiger partial charge in [-0.2, -0.15) is 26.3 Å². The van der Waals surface area contributed by atoms with Crippen molar-refractivity contribution in [2.45, 2.75) is 12.4 Å². The number of aromatic amines is 1. The maximum absolute atomic E-state index is 12.9. The molecule has 0 unspecified atom stereocenters. The predicted octanol–water partition coefficient (Wildman–Crippen LogP) is 4.08. The van der Waals surface area contributed by atoms with Crippen LogP contribution in [0, 0.1) is 0 Å². The fraction of sp³-hybridized carbons (Fsp3) is 0.154. The second-order valence-corrected chi connectivity index (χ2v) is 4.17. The molecule has 0 radical (unpaired) electrons. The van der Waals surface area contributed by atoms with E-state index >= 15 is 0 Å². The van der Waals surface area contributed by atoms with E-state index in [1.807, 2.05) is 4.98 Å². The molecule has 0 aliphatic heterocycles. The third-order valence-corrected chi connectivity index (χ3v) is 2.75. The summed E-state index contributed by atoms with van der Waals surface area (Å²) in [5, 5.41) is 0. The van der Waals surface area contributed by atoms with Crippen LogP contribution in [0.5, 0.6) is 0 Å². The molecule has 1 N–H and O–H groups in total. The SMILES string of the molecule is O=c1[nH]ccc(-c2cccc(C(F)(F)F)c2)c1C(F)(F)F. The van der Waals surface area contributed by atoms with Gasteiger partial charge in [0.25, 0.3) is 5.56 Å². The van der Waals surface area contributed by atoms with Gasteiger partial charge in [-0.25, -0.2) is 0 Å². The van der Waals surface area contributed by atoms with Gasteiger partial charge < -0.3 is 4.98 Å². The van der Waals surface area contributed by atoms with Crippen LogP contribution in [-0.2, 0) is 12.4 Å². The molecule has 0 bridgehead atoms. The predicted molar refractivity (Wildman–Crippen MR) is 62.5 cm³/mol. The maximum atomic E-state index is 12.9. The van der Waals surface area contributed by atoms with Gasteiger partial charge in [0.05, 0.1) is 5.56 Å². The summed E-state index contributed by atoms with van der Waals surface area (Å²) in [6.07, 6.45) is -8.71. The quantitative estimate of drug-likeness (QED) is 0.791. The molecule has 2 rings (SSSR count). The first-order valence-corrected chi connectivity index (χ1v) is 5.57. The van der Waals surface area contributed by atoms with E-state index in [0.717, 1.165) is 30.5 Å².